The standard InChI is InChI=1S/C34H36N2O2Se/c1-31(2,3)33(25-17-21-29(22-18-25)37-27-13-9-7-10-14-27)35-36-34(39-33,32(4,5)6)26-19-23-30(24-20-26)38-28-15-11-8-12-16-28/h7-24H,1-6H3/t33-,34+. The van der Waals surface area contributed by atoms with Gasteiger partial charge in [-0.3, -0.25) is 0 Å². The molecule has 4 aromatic carbocycles. The predicted octanol–water partition coefficient (Wildman–Crippen LogP) is 9.54. The Bertz CT molecular complexity index is 1310. The molecule has 0 aromatic heterocycles. The van der Waals surface area contributed by atoms with Crippen LogP contribution in [-0.4, -0.2) is 15.0 Å². The van der Waals surface area contributed by atoms with Crippen molar-refractivity contribution in [3.8, 4) is 23.0 Å². The molecule has 1 heterocycles. The summed E-state index contributed by atoms with van der Waals surface area (Å²) in [4.78, 5) is 0. The topological polar surface area (TPSA) is 43.2 Å². The first-order valence-corrected chi connectivity index (χ1v) is 15.0. The van der Waals surface area contributed by atoms with Crippen LogP contribution in [-0.2, 0) is 8.87 Å². The molecule has 39 heavy (non-hydrogen) atoms. The first kappa shape index (κ1) is 27.2. The number of nitrogens with zero attached hydrogens (tertiary/aromatic N) is 2. The van der Waals surface area contributed by atoms with Gasteiger partial charge in [0.2, 0.25) is 0 Å². The fourth-order valence-electron chi connectivity index (χ4n) is 4.85. The molecule has 200 valence electrons. The average molecular weight is 584 g/mol. The van der Waals surface area contributed by atoms with Crippen LogP contribution in [0.5, 0.6) is 23.0 Å². The van der Waals surface area contributed by atoms with E-state index in [1.807, 2.05) is 84.9 Å². The number of hydrogen-bond acceptors (Lipinski definition) is 4. The molecule has 0 radical (unpaired) electrons. The van der Waals surface area contributed by atoms with E-state index in [9.17, 15) is 0 Å². The molecule has 1 aliphatic heterocycles. The van der Waals surface area contributed by atoms with Crippen molar-refractivity contribution in [3.63, 3.8) is 0 Å². The van der Waals surface area contributed by atoms with E-state index in [4.69, 9.17) is 19.7 Å². The van der Waals surface area contributed by atoms with Crippen molar-refractivity contribution >= 4 is 15.0 Å². The maximum atomic E-state index is 6.07. The molecule has 0 fully saturated rings. The Balaban J connectivity index is 1.48. The summed E-state index contributed by atoms with van der Waals surface area (Å²) in [5.74, 6) is 3.28. The van der Waals surface area contributed by atoms with Crippen molar-refractivity contribution in [1.29, 1.82) is 0 Å². The molecule has 4 aromatic rings. The second-order valence-electron chi connectivity index (χ2n) is 12.0. The van der Waals surface area contributed by atoms with Crippen molar-refractivity contribution in [3.05, 3.63) is 120 Å². The number of benzene rings is 4. The number of para-hydroxylation sites is 2. The van der Waals surface area contributed by atoms with Crippen molar-refractivity contribution in [1.82, 2.24) is 0 Å². The summed E-state index contributed by atoms with van der Waals surface area (Å²) in [6.07, 6.45) is 0. The summed E-state index contributed by atoms with van der Waals surface area (Å²) >= 11 is -0.0277. The summed E-state index contributed by atoms with van der Waals surface area (Å²) in [5.41, 5.74) is 2.08. The number of azo groups is 1. The Kier molecular flexibility index (Phi) is 7.17. The summed E-state index contributed by atoms with van der Waals surface area (Å²) in [6, 6.07) is 36.6. The molecule has 0 bridgehead atoms. The molecule has 0 saturated heterocycles. The van der Waals surface area contributed by atoms with Gasteiger partial charge in [-0.05, 0) is 0 Å². The van der Waals surface area contributed by atoms with E-state index in [1.54, 1.807) is 0 Å². The maximum absolute atomic E-state index is 6.07. The third-order valence-electron chi connectivity index (χ3n) is 7.11. The third-order valence-corrected chi connectivity index (χ3v) is 12.3. The van der Waals surface area contributed by atoms with Crippen LogP contribution in [0.4, 0.5) is 0 Å². The van der Waals surface area contributed by atoms with Crippen LogP contribution in [0.2, 0.25) is 0 Å². The average Bonchev–Trinajstić information content (AvgIpc) is 3.35. The molecule has 0 amide bonds. The van der Waals surface area contributed by atoms with Crippen molar-refractivity contribution in [2.45, 2.75) is 50.4 Å². The van der Waals surface area contributed by atoms with E-state index < -0.39 is 8.87 Å². The van der Waals surface area contributed by atoms with Crippen LogP contribution in [0.25, 0.3) is 0 Å². The van der Waals surface area contributed by atoms with E-state index in [2.05, 4.69) is 65.8 Å². The quantitative estimate of drug-likeness (QED) is 0.212. The minimum absolute atomic E-state index is 0.0277. The van der Waals surface area contributed by atoms with E-state index >= 15 is 0 Å². The molecular weight excluding hydrogens is 547 g/mol. The van der Waals surface area contributed by atoms with Gasteiger partial charge in [0.15, 0.2) is 0 Å². The van der Waals surface area contributed by atoms with Gasteiger partial charge in [-0.2, -0.15) is 0 Å². The second kappa shape index (κ2) is 10.3. The molecular formula is C34H36N2O2Se. The van der Waals surface area contributed by atoms with Gasteiger partial charge in [-0.15, -0.1) is 0 Å². The summed E-state index contributed by atoms with van der Waals surface area (Å²) < 4.78 is 11.3. The SMILES string of the molecule is CC(C)(C)[C@@]1(c2ccc(Oc3ccccc3)cc2)N=N[C@@](c2ccc(Oc3ccccc3)cc2)(C(C)(C)C)[Se]1. The molecule has 0 unspecified atom stereocenters. The van der Waals surface area contributed by atoms with Gasteiger partial charge in [0.25, 0.3) is 0 Å². The Morgan fingerprint density at radius 3 is 1.08 bits per heavy atom. The van der Waals surface area contributed by atoms with Crippen molar-refractivity contribution in [2.75, 3.05) is 0 Å². The molecule has 4 nitrogen and oxygen atoms in total. The monoisotopic (exact) mass is 584 g/mol. The molecule has 0 aliphatic carbocycles. The summed E-state index contributed by atoms with van der Waals surface area (Å²) in [5, 5.41) is 10.4. The van der Waals surface area contributed by atoms with E-state index in [0.29, 0.717) is 0 Å². The zero-order valence-corrected chi connectivity index (χ0v) is 25.2. The molecule has 0 N–H and O–H groups in total. The molecule has 0 spiro atoms. The van der Waals surface area contributed by atoms with E-state index in [-0.39, 0.29) is 25.8 Å². The zero-order chi connectivity index (χ0) is 27.7. The molecule has 5 rings (SSSR count). The van der Waals surface area contributed by atoms with E-state index in [1.165, 1.54) is 11.1 Å². The summed E-state index contributed by atoms with van der Waals surface area (Å²) in [7, 11) is 0. The molecule has 1 aliphatic rings. The van der Waals surface area contributed by atoms with Gasteiger partial charge in [0.1, 0.15) is 0 Å². The number of rotatable bonds is 6. The van der Waals surface area contributed by atoms with Crippen LogP contribution in [0, 0.1) is 10.8 Å². The van der Waals surface area contributed by atoms with Crippen LogP contribution in [0.15, 0.2) is 119 Å². The first-order chi connectivity index (χ1) is 18.5. The van der Waals surface area contributed by atoms with Gasteiger partial charge >= 0.3 is 239 Å². The predicted molar refractivity (Wildman–Crippen MR) is 159 cm³/mol. The minimum atomic E-state index is -0.433. The van der Waals surface area contributed by atoms with Crippen molar-refractivity contribution < 1.29 is 9.47 Å². The van der Waals surface area contributed by atoms with Gasteiger partial charge in [-0.1, -0.05) is 0 Å². The Morgan fingerprint density at radius 1 is 0.462 bits per heavy atom. The Hall–Kier alpha value is -3.40. The second-order valence-corrected chi connectivity index (χ2v) is 14.9. The third kappa shape index (κ3) is 5.26. The van der Waals surface area contributed by atoms with Gasteiger partial charge in [0, 0.05) is 0 Å². The number of hydrogen-bond donors (Lipinski definition) is 0. The van der Waals surface area contributed by atoms with Crippen LogP contribution < -0.4 is 9.47 Å². The Labute approximate surface area is 238 Å². The normalized spacial score (nSPS) is 21.1. The molecule has 0 saturated carbocycles. The van der Waals surface area contributed by atoms with Crippen molar-refractivity contribution in [2.24, 2.45) is 21.1 Å². The molecule has 5 heteroatoms. The van der Waals surface area contributed by atoms with Gasteiger partial charge < -0.3 is 0 Å². The Morgan fingerprint density at radius 2 is 0.769 bits per heavy atom. The first-order valence-electron chi connectivity index (χ1n) is 13.3. The zero-order valence-electron chi connectivity index (χ0n) is 23.5. The fraction of sp³-hybridized carbons (Fsp3) is 0.294. The van der Waals surface area contributed by atoms with Crippen LogP contribution in [0.3, 0.4) is 0 Å². The summed E-state index contributed by atoms with van der Waals surface area (Å²) in [6.45, 7) is 13.7. The number of ether oxygens (including phenoxy) is 2. The molecule has 2 atom stereocenters. The van der Waals surface area contributed by atoms with Gasteiger partial charge in [0.05, 0.1) is 0 Å². The fourth-order valence-corrected chi connectivity index (χ4v) is 8.44. The van der Waals surface area contributed by atoms with Crippen LogP contribution in [0.1, 0.15) is 52.7 Å². The van der Waals surface area contributed by atoms with Crippen LogP contribution >= 0.6 is 0 Å². The van der Waals surface area contributed by atoms with E-state index in [0.717, 1.165) is 23.0 Å². The van der Waals surface area contributed by atoms with Gasteiger partial charge in [-0.25, -0.2) is 0 Å².